The van der Waals surface area contributed by atoms with Crippen LogP contribution in [0.2, 0.25) is 0 Å². The maximum Gasteiger partial charge on any atom is 0.255 e. The summed E-state index contributed by atoms with van der Waals surface area (Å²) in [7, 11) is 1.58. The Bertz CT molecular complexity index is 610. The van der Waals surface area contributed by atoms with Crippen LogP contribution in [-0.2, 0) is 16.6 Å². The van der Waals surface area contributed by atoms with Gasteiger partial charge in [-0.05, 0) is 13.0 Å². The highest BCUT2D eigenvalue weighted by Gasteiger charge is 2.39. The maximum absolute atomic E-state index is 12.4. The molecule has 1 aromatic heterocycles. The van der Waals surface area contributed by atoms with Crippen molar-refractivity contribution >= 4 is 11.8 Å². The first kappa shape index (κ1) is 14.3. The molecule has 2 heterocycles. The Morgan fingerprint density at radius 1 is 1.40 bits per heavy atom. The number of amides is 2. The van der Waals surface area contributed by atoms with Crippen molar-refractivity contribution in [3.8, 4) is 0 Å². The molecule has 20 heavy (non-hydrogen) atoms. The minimum absolute atomic E-state index is 0.101. The lowest BCUT2D eigenvalue weighted by Gasteiger charge is -2.38. The Labute approximate surface area is 115 Å². The van der Waals surface area contributed by atoms with E-state index in [2.05, 4.69) is 0 Å². The van der Waals surface area contributed by atoms with Gasteiger partial charge in [0.05, 0.1) is 18.7 Å². The van der Waals surface area contributed by atoms with Crippen molar-refractivity contribution < 1.29 is 14.3 Å². The third-order valence-corrected chi connectivity index (χ3v) is 3.42. The summed E-state index contributed by atoms with van der Waals surface area (Å²) in [6, 6.07) is 2.81. The van der Waals surface area contributed by atoms with Crippen LogP contribution >= 0.6 is 0 Å². The van der Waals surface area contributed by atoms with Crippen LogP contribution in [0, 0.1) is 0 Å². The number of hydrogen-bond donors (Lipinski definition) is 1. The molecule has 1 aliphatic heterocycles. The van der Waals surface area contributed by atoms with Crippen molar-refractivity contribution in [2.45, 2.75) is 12.5 Å². The number of ether oxygens (including phenoxy) is 1. The summed E-state index contributed by atoms with van der Waals surface area (Å²) in [6.45, 7) is 2.29. The molecule has 1 aromatic rings. The van der Waals surface area contributed by atoms with E-state index >= 15 is 0 Å². The summed E-state index contributed by atoms with van der Waals surface area (Å²) in [5.41, 5.74) is 4.33. The van der Waals surface area contributed by atoms with E-state index in [4.69, 9.17) is 10.5 Å². The molecule has 7 heteroatoms. The number of rotatable bonds is 2. The normalized spacial score (nSPS) is 22.6. The van der Waals surface area contributed by atoms with Gasteiger partial charge in [-0.2, -0.15) is 0 Å². The first-order valence-corrected chi connectivity index (χ1v) is 6.23. The highest BCUT2D eigenvalue weighted by atomic mass is 16.5. The molecule has 108 valence electrons. The average Bonchev–Trinajstić information content (AvgIpc) is 2.41. The summed E-state index contributed by atoms with van der Waals surface area (Å²) < 4.78 is 6.70. The van der Waals surface area contributed by atoms with E-state index in [9.17, 15) is 14.4 Å². The highest BCUT2D eigenvalue weighted by molar-refractivity contribution is 5.94. The van der Waals surface area contributed by atoms with Gasteiger partial charge in [0.1, 0.15) is 0 Å². The highest BCUT2D eigenvalue weighted by Crippen LogP contribution is 2.18. The van der Waals surface area contributed by atoms with Gasteiger partial charge in [0.25, 0.3) is 11.8 Å². The molecule has 2 amide bonds. The van der Waals surface area contributed by atoms with Gasteiger partial charge in [-0.15, -0.1) is 0 Å². The predicted octanol–water partition coefficient (Wildman–Crippen LogP) is -0.898. The number of aryl methyl sites for hydroxylation is 1. The fourth-order valence-electron chi connectivity index (χ4n) is 2.10. The van der Waals surface area contributed by atoms with Crippen LogP contribution in [0.1, 0.15) is 17.3 Å². The molecular weight excluding hydrogens is 262 g/mol. The van der Waals surface area contributed by atoms with Gasteiger partial charge in [0.15, 0.2) is 5.60 Å². The summed E-state index contributed by atoms with van der Waals surface area (Å²) in [5, 5.41) is 0. The fraction of sp³-hybridized carbons (Fsp3) is 0.462. The molecule has 0 aliphatic carbocycles. The van der Waals surface area contributed by atoms with Crippen molar-refractivity contribution in [3.05, 3.63) is 34.2 Å². The van der Waals surface area contributed by atoms with Crippen molar-refractivity contribution in [3.63, 3.8) is 0 Å². The second kappa shape index (κ2) is 5.09. The van der Waals surface area contributed by atoms with Gasteiger partial charge < -0.3 is 19.9 Å². The van der Waals surface area contributed by atoms with Crippen molar-refractivity contribution in [2.24, 2.45) is 12.8 Å². The van der Waals surface area contributed by atoms with Gasteiger partial charge in [0.2, 0.25) is 5.56 Å². The van der Waals surface area contributed by atoms with Crippen molar-refractivity contribution in [1.29, 1.82) is 0 Å². The molecule has 1 fully saturated rings. The molecule has 1 atom stereocenters. The third kappa shape index (κ3) is 2.57. The van der Waals surface area contributed by atoms with Crippen LogP contribution in [0.15, 0.2) is 23.1 Å². The van der Waals surface area contributed by atoms with Gasteiger partial charge in [-0.25, -0.2) is 0 Å². The standard InChI is InChI=1S/C13H17N3O4/c1-13(12(14)19)8-16(5-6-20-13)11(18)9-3-4-10(17)15(2)7-9/h3-4,7H,5-6,8H2,1-2H3,(H2,14,19). The molecule has 1 aliphatic rings. The lowest BCUT2D eigenvalue weighted by Crippen LogP contribution is -2.58. The maximum atomic E-state index is 12.4. The molecule has 0 spiro atoms. The van der Waals surface area contributed by atoms with Gasteiger partial charge in [-0.1, -0.05) is 0 Å². The first-order valence-electron chi connectivity index (χ1n) is 6.23. The number of nitrogens with zero attached hydrogens (tertiary/aromatic N) is 2. The number of hydrogen-bond acceptors (Lipinski definition) is 4. The lowest BCUT2D eigenvalue weighted by molar-refractivity contribution is -0.150. The van der Waals surface area contributed by atoms with Crippen LogP contribution in [0.4, 0.5) is 0 Å². The average molecular weight is 279 g/mol. The van der Waals surface area contributed by atoms with E-state index in [0.717, 1.165) is 0 Å². The summed E-state index contributed by atoms with van der Waals surface area (Å²) in [5.74, 6) is -0.855. The van der Waals surface area contributed by atoms with Crippen molar-refractivity contribution in [2.75, 3.05) is 19.7 Å². The van der Waals surface area contributed by atoms with E-state index in [0.29, 0.717) is 12.1 Å². The monoisotopic (exact) mass is 279 g/mol. The summed E-state index contributed by atoms with van der Waals surface area (Å²) in [6.07, 6.45) is 1.47. The van der Waals surface area contributed by atoms with E-state index in [1.165, 1.54) is 27.8 Å². The number of carbonyl (C=O) groups excluding carboxylic acids is 2. The minimum Gasteiger partial charge on any atom is -0.367 e. The number of carbonyl (C=O) groups is 2. The van der Waals surface area contributed by atoms with E-state index < -0.39 is 11.5 Å². The molecule has 1 saturated heterocycles. The number of aromatic nitrogens is 1. The van der Waals surface area contributed by atoms with Gasteiger partial charge in [-0.3, -0.25) is 14.4 Å². The molecule has 0 radical (unpaired) electrons. The quantitative estimate of drug-likeness (QED) is 0.759. The van der Waals surface area contributed by atoms with Crippen LogP contribution in [0.3, 0.4) is 0 Å². The first-order chi connectivity index (χ1) is 9.33. The molecule has 2 N–H and O–H groups in total. The largest absolute Gasteiger partial charge is 0.367 e. The topological polar surface area (TPSA) is 94.6 Å². The molecule has 0 saturated carbocycles. The van der Waals surface area contributed by atoms with Crippen LogP contribution in [0.5, 0.6) is 0 Å². The van der Waals surface area contributed by atoms with Gasteiger partial charge in [0, 0.05) is 25.9 Å². The van der Waals surface area contributed by atoms with Crippen LogP contribution < -0.4 is 11.3 Å². The molecule has 2 rings (SSSR count). The Kier molecular flexibility index (Phi) is 3.63. The lowest BCUT2D eigenvalue weighted by atomic mass is 10.0. The number of morpholine rings is 1. The number of pyridine rings is 1. The Hall–Kier alpha value is -2.15. The van der Waals surface area contributed by atoms with Crippen LogP contribution in [-0.4, -0.2) is 46.6 Å². The van der Waals surface area contributed by atoms with E-state index in [-0.39, 0.29) is 24.6 Å². The SMILES string of the molecule is Cn1cc(C(=O)N2CCOC(C)(C(N)=O)C2)ccc1=O. The van der Waals surface area contributed by atoms with E-state index in [1.807, 2.05) is 0 Å². The molecule has 1 unspecified atom stereocenters. The van der Waals surface area contributed by atoms with Crippen molar-refractivity contribution in [1.82, 2.24) is 9.47 Å². The summed E-state index contributed by atoms with van der Waals surface area (Å²) in [4.78, 5) is 36.6. The number of nitrogens with two attached hydrogens (primary N) is 1. The van der Waals surface area contributed by atoms with Crippen LogP contribution in [0.25, 0.3) is 0 Å². The second-order valence-electron chi connectivity index (χ2n) is 5.04. The Morgan fingerprint density at radius 3 is 2.70 bits per heavy atom. The van der Waals surface area contributed by atoms with Gasteiger partial charge >= 0.3 is 0 Å². The van der Waals surface area contributed by atoms with E-state index in [1.54, 1.807) is 14.0 Å². The third-order valence-electron chi connectivity index (χ3n) is 3.42. The molecule has 0 bridgehead atoms. The minimum atomic E-state index is -1.17. The Balaban J connectivity index is 2.22. The zero-order valence-electron chi connectivity index (χ0n) is 11.5. The smallest absolute Gasteiger partial charge is 0.255 e. The second-order valence-corrected chi connectivity index (χ2v) is 5.04. The fourth-order valence-corrected chi connectivity index (χ4v) is 2.10. The zero-order chi connectivity index (χ0) is 14.9. The summed E-state index contributed by atoms with van der Waals surface area (Å²) >= 11 is 0. The Morgan fingerprint density at radius 2 is 2.10 bits per heavy atom. The molecule has 0 aromatic carbocycles. The molecular formula is C13H17N3O4. The number of primary amides is 1. The zero-order valence-corrected chi connectivity index (χ0v) is 11.5. The predicted molar refractivity (Wildman–Crippen MR) is 71.1 cm³/mol. The molecule has 7 nitrogen and oxygen atoms in total.